The number of hydrogen-bond donors (Lipinski definition) is 2. The average Bonchev–Trinajstić information content (AvgIpc) is 3.07. The molecular formula is C17H20O7. The Bertz CT molecular complexity index is 538. The molecule has 7 nitrogen and oxygen atoms in total. The van der Waals surface area contributed by atoms with Gasteiger partial charge in [0.25, 0.3) is 0 Å². The summed E-state index contributed by atoms with van der Waals surface area (Å²) in [7, 11) is 0. The van der Waals surface area contributed by atoms with Crippen molar-refractivity contribution in [1.29, 1.82) is 0 Å². The predicted molar refractivity (Wildman–Crippen MR) is 82.9 cm³/mol. The van der Waals surface area contributed by atoms with E-state index >= 15 is 0 Å². The van der Waals surface area contributed by atoms with E-state index in [-0.39, 0.29) is 29.8 Å². The third-order valence-corrected chi connectivity index (χ3v) is 4.38. The van der Waals surface area contributed by atoms with Gasteiger partial charge in [0.15, 0.2) is 0 Å². The zero-order valence-corrected chi connectivity index (χ0v) is 13.1. The number of allylic oxidation sites excluding steroid dienone is 1. The monoisotopic (exact) mass is 336 g/mol. The zero-order valence-electron chi connectivity index (χ0n) is 13.1. The Hall–Kier alpha value is -2.57. The molecule has 0 unspecified atom stereocenters. The molecular weight excluding hydrogens is 316 g/mol. The fourth-order valence-electron chi connectivity index (χ4n) is 3.47. The summed E-state index contributed by atoms with van der Waals surface area (Å²) < 4.78 is 10.7. The highest BCUT2D eigenvalue weighted by atomic mass is 16.6. The second kappa shape index (κ2) is 7.81. The van der Waals surface area contributed by atoms with Crippen LogP contribution in [0.1, 0.15) is 25.7 Å². The Labute approximate surface area is 139 Å². The van der Waals surface area contributed by atoms with Crippen LogP contribution >= 0.6 is 0 Å². The van der Waals surface area contributed by atoms with E-state index in [1.807, 2.05) is 0 Å². The summed E-state index contributed by atoms with van der Waals surface area (Å²) >= 11 is 0. The standard InChI is InChI=1S/C17H20O7/c1-10(18)2-8-16(21)23-13-5-3-12-11(13)4-6-14(12)24-17(22)9-7-15(19)20/h2,7-9,11-14,18H,1,3-6H2,(H,19,20)/t11-,12-,13-,14+/m0/s1. The first-order valence-electron chi connectivity index (χ1n) is 7.75. The number of ether oxygens (including phenoxy) is 2. The van der Waals surface area contributed by atoms with Crippen molar-refractivity contribution < 1.29 is 34.1 Å². The highest BCUT2D eigenvalue weighted by Gasteiger charge is 2.47. The van der Waals surface area contributed by atoms with E-state index in [4.69, 9.17) is 19.7 Å². The van der Waals surface area contributed by atoms with Gasteiger partial charge in [0.2, 0.25) is 0 Å². The molecule has 2 aliphatic carbocycles. The van der Waals surface area contributed by atoms with Gasteiger partial charge < -0.3 is 19.7 Å². The summed E-state index contributed by atoms with van der Waals surface area (Å²) in [6, 6.07) is 0. The molecule has 2 rings (SSSR count). The second-order valence-corrected chi connectivity index (χ2v) is 5.93. The number of aliphatic hydroxyl groups excluding tert-OH is 1. The summed E-state index contributed by atoms with van der Waals surface area (Å²) in [5.41, 5.74) is 0. The van der Waals surface area contributed by atoms with Crippen LogP contribution in [0.25, 0.3) is 0 Å². The lowest BCUT2D eigenvalue weighted by molar-refractivity contribution is -0.147. The van der Waals surface area contributed by atoms with Crippen molar-refractivity contribution in [3.8, 4) is 0 Å². The number of fused-ring (bicyclic) bond motifs is 1. The van der Waals surface area contributed by atoms with E-state index in [1.54, 1.807) is 0 Å². The highest BCUT2D eigenvalue weighted by Crippen LogP contribution is 2.46. The van der Waals surface area contributed by atoms with Crippen molar-refractivity contribution in [3.05, 3.63) is 36.6 Å². The van der Waals surface area contributed by atoms with Crippen LogP contribution in [0.4, 0.5) is 0 Å². The third kappa shape index (κ3) is 4.71. The number of hydrogen-bond acceptors (Lipinski definition) is 6. The van der Waals surface area contributed by atoms with Crippen LogP contribution in [0, 0.1) is 11.8 Å². The topological polar surface area (TPSA) is 110 Å². The van der Waals surface area contributed by atoms with Gasteiger partial charge in [-0.15, -0.1) is 0 Å². The number of aliphatic carboxylic acids is 1. The van der Waals surface area contributed by atoms with Crippen LogP contribution in [0.15, 0.2) is 36.6 Å². The number of esters is 2. The molecule has 0 saturated heterocycles. The molecule has 130 valence electrons. The second-order valence-electron chi connectivity index (χ2n) is 5.93. The molecule has 0 spiro atoms. The van der Waals surface area contributed by atoms with Gasteiger partial charge in [0.1, 0.15) is 18.0 Å². The van der Waals surface area contributed by atoms with Gasteiger partial charge in [0, 0.05) is 30.1 Å². The lowest BCUT2D eigenvalue weighted by atomic mass is 9.98. The fourth-order valence-corrected chi connectivity index (χ4v) is 3.47. The van der Waals surface area contributed by atoms with E-state index < -0.39 is 17.9 Å². The summed E-state index contributed by atoms with van der Waals surface area (Å²) in [6.45, 7) is 3.25. The minimum atomic E-state index is -1.21. The average molecular weight is 336 g/mol. The third-order valence-electron chi connectivity index (χ3n) is 4.38. The van der Waals surface area contributed by atoms with Gasteiger partial charge in [-0.2, -0.15) is 0 Å². The molecule has 0 amide bonds. The first kappa shape index (κ1) is 17.8. The van der Waals surface area contributed by atoms with Crippen molar-refractivity contribution in [2.75, 3.05) is 0 Å². The first-order chi connectivity index (χ1) is 11.4. The minimum absolute atomic E-state index is 0.113. The van der Waals surface area contributed by atoms with Crippen LogP contribution in [0.3, 0.4) is 0 Å². The smallest absolute Gasteiger partial charge is 0.331 e. The molecule has 4 atom stereocenters. The van der Waals surface area contributed by atoms with Crippen LogP contribution in [-0.2, 0) is 23.9 Å². The molecule has 2 fully saturated rings. The van der Waals surface area contributed by atoms with Gasteiger partial charge in [-0.3, -0.25) is 0 Å². The van der Waals surface area contributed by atoms with Crippen molar-refractivity contribution in [2.45, 2.75) is 37.9 Å². The molecule has 0 bridgehead atoms. The normalized spacial score (nSPS) is 28.8. The molecule has 2 saturated carbocycles. The molecule has 24 heavy (non-hydrogen) atoms. The SMILES string of the molecule is C=C(O)C=CC(=O)O[C@H]1CC[C@H]2[C@@H]1CC[C@H]2OC(=O)C=CC(=O)O. The van der Waals surface area contributed by atoms with Crippen LogP contribution in [-0.4, -0.2) is 40.3 Å². The predicted octanol–water partition coefficient (Wildman–Crippen LogP) is 1.90. The largest absolute Gasteiger partial charge is 0.509 e. The maximum absolute atomic E-state index is 11.7. The number of carboxylic acid groups (broad SMARTS) is 1. The fraction of sp³-hybridized carbons (Fsp3) is 0.471. The van der Waals surface area contributed by atoms with E-state index in [2.05, 4.69) is 6.58 Å². The van der Waals surface area contributed by atoms with Crippen LogP contribution < -0.4 is 0 Å². The molecule has 0 aromatic rings. The Kier molecular flexibility index (Phi) is 5.78. The van der Waals surface area contributed by atoms with Crippen molar-refractivity contribution >= 4 is 17.9 Å². The number of carbonyl (C=O) groups is 3. The maximum atomic E-state index is 11.7. The summed E-state index contributed by atoms with van der Waals surface area (Å²) in [4.78, 5) is 33.7. The van der Waals surface area contributed by atoms with E-state index in [1.165, 1.54) is 6.08 Å². The van der Waals surface area contributed by atoms with Crippen LogP contribution in [0.5, 0.6) is 0 Å². The summed E-state index contributed by atoms with van der Waals surface area (Å²) in [5, 5.41) is 17.4. The first-order valence-corrected chi connectivity index (χ1v) is 7.75. The summed E-state index contributed by atoms with van der Waals surface area (Å²) in [5.74, 6) is -2.41. The van der Waals surface area contributed by atoms with Gasteiger partial charge in [0.05, 0.1) is 0 Å². The number of carbonyl (C=O) groups excluding carboxylic acids is 2. The molecule has 0 radical (unpaired) electrons. The van der Waals surface area contributed by atoms with Crippen LogP contribution in [0.2, 0.25) is 0 Å². The Morgan fingerprint density at radius 3 is 1.67 bits per heavy atom. The van der Waals surface area contributed by atoms with Crippen molar-refractivity contribution in [2.24, 2.45) is 11.8 Å². The van der Waals surface area contributed by atoms with E-state index in [9.17, 15) is 14.4 Å². The minimum Gasteiger partial charge on any atom is -0.509 e. The van der Waals surface area contributed by atoms with Crippen molar-refractivity contribution in [1.82, 2.24) is 0 Å². The molecule has 2 aliphatic rings. The lowest BCUT2D eigenvalue weighted by Crippen LogP contribution is -2.25. The van der Waals surface area contributed by atoms with Gasteiger partial charge >= 0.3 is 17.9 Å². The Morgan fingerprint density at radius 2 is 1.25 bits per heavy atom. The Balaban J connectivity index is 1.87. The lowest BCUT2D eigenvalue weighted by Gasteiger charge is -2.20. The molecule has 0 aromatic carbocycles. The quantitative estimate of drug-likeness (QED) is 0.330. The van der Waals surface area contributed by atoms with Gasteiger partial charge in [-0.1, -0.05) is 6.58 Å². The summed E-state index contributed by atoms with van der Waals surface area (Å²) in [6.07, 6.45) is 6.33. The van der Waals surface area contributed by atoms with E-state index in [0.717, 1.165) is 31.1 Å². The zero-order chi connectivity index (χ0) is 17.7. The molecule has 0 aromatic heterocycles. The highest BCUT2D eigenvalue weighted by molar-refractivity contribution is 5.90. The molecule has 0 aliphatic heterocycles. The van der Waals surface area contributed by atoms with Gasteiger partial charge in [-0.05, 0) is 31.8 Å². The number of aliphatic hydroxyl groups is 1. The Morgan fingerprint density at radius 1 is 0.792 bits per heavy atom. The molecule has 0 heterocycles. The molecule has 2 N–H and O–H groups in total. The van der Waals surface area contributed by atoms with Crippen molar-refractivity contribution in [3.63, 3.8) is 0 Å². The number of rotatable bonds is 6. The molecule has 7 heteroatoms. The maximum Gasteiger partial charge on any atom is 0.331 e. The number of carboxylic acids is 1. The van der Waals surface area contributed by atoms with Gasteiger partial charge in [-0.25, -0.2) is 14.4 Å². The van der Waals surface area contributed by atoms with E-state index in [0.29, 0.717) is 12.8 Å².